The maximum Gasteiger partial charge on any atom is 0.0484 e. The summed E-state index contributed by atoms with van der Waals surface area (Å²) in [6, 6.07) is 6.18. The van der Waals surface area contributed by atoms with Crippen LogP contribution in [0.3, 0.4) is 0 Å². The van der Waals surface area contributed by atoms with Crippen LogP contribution in [-0.2, 0) is 20.0 Å². The molecule has 0 saturated carbocycles. The summed E-state index contributed by atoms with van der Waals surface area (Å²) in [5.74, 6) is 0. The van der Waals surface area contributed by atoms with Crippen molar-refractivity contribution in [3.63, 3.8) is 0 Å². The number of aryl methyl sites for hydroxylation is 1. The van der Waals surface area contributed by atoms with E-state index in [4.69, 9.17) is 5.73 Å². The van der Waals surface area contributed by atoms with E-state index in [0.29, 0.717) is 0 Å². The predicted molar refractivity (Wildman–Crippen MR) is 62.7 cm³/mol. The van der Waals surface area contributed by atoms with E-state index in [1.807, 2.05) is 6.07 Å². The van der Waals surface area contributed by atoms with Gasteiger partial charge in [-0.2, -0.15) is 0 Å². The van der Waals surface area contributed by atoms with E-state index in [-0.39, 0.29) is 0 Å². The van der Waals surface area contributed by atoms with Gasteiger partial charge < -0.3 is 15.6 Å². The minimum absolute atomic E-state index is 0.856. The molecule has 0 atom stereocenters. The first-order valence-corrected chi connectivity index (χ1v) is 5.34. The number of benzene rings is 1. The van der Waals surface area contributed by atoms with Gasteiger partial charge in [0.2, 0.25) is 0 Å². The average molecular weight is 201 g/mol. The van der Waals surface area contributed by atoms with E-state index in [1.165, 1.54) is 22.2 Å². The molecule has 0 saturated heterocycles. The predicted octanol–water partition coefficient (Wildman–Crippen LogP) is 1.41. The zero-order valence-corrected chi connectivity index (χ0v) is 8.88. The SMILES string of the molecule is Cn1c2c(c3cc(N)ccc31)CCNC2. The van der Waals surface area contributed by atoms with Crippen molar-refractivity contribution in [1.29, 1.82) is 0 Å². The van der Waals surface area contributed by atoms with Gasteiger partial charge in [0.25, 0.3) is 0 Å². The van der Waals surface area contributed by atoms with E-state index in [2.05, 4.69) is 29.1 Å². The van der Waals surface area contributed by atoms with E-state index in [1.54, 1.807) is 0 Å². The lowest BCUT2D eigenvalue weighted by atomic mass is 10.0. The number of fused-ring (bicyclic) bond motifs is 3. The van der Waals surface area contributed by atoms with Crippen LogP contribution < -0.4 is 11.1 Å². The van der Waals surface area contributed by atoms with Crippen molar-refractivity contribution in [2.24, 2.45) is 7.05 Å². The number of nitrogen functional groups attached to an aromatic ring is 1. The Labute approximate surface area is 88.9 Å². The van der Waals surface area contributed by atoms with Crippen molar-refractivity contribution in [2.75, 3.05) is 12.3 Å². The highest BCUT2D eigenvalue weighted by Gasteiger charge is 2.17. The molecule has 0 amide bonds. The molecule has 1 aromatic carbocycles. The Balaban J connectivity index is 2.39. The molecule has 3 heteroatoms. The maximum atomic E-state index is 5.84. The average Bonchev–Trinajstić information content (AvgIpc) is 2.54. The van der Waals surface area contributed by atoms with Gasteiger partial charge in [-0.25, -0.2) is 0 Å². The lowest BCUT2D eigenvalue weighted by Crippen LogP contribution is -2.24. The lowest BCUT2D eigenvalue weighted by Gasteiger charge is -2.14. The zero-order chi connectivity index (χ0) is 10.4. The van der Waals surface area contributed by atoms with E-state index in [9.17, 15) is 0 Å². The third-order valence-corrected chi connectivity index (χ3v) is 3.30. The number of nitrogens with one attached hydrogen (secondary N) is 1. The van der Waals surface area contributed by atoms with Gasteiger partial charge in [0.05, 0.1) is 0 Å². The maximum absolute atomic E-state index is 5.84. The van der Waals surface area contributed by atoms with Crippen molar-refractivity contribution in [1.82, 2.24) is 9.88 Å². The molecule has 2 heterocycles. The van der Waals surface area contributed by atoms with Gasteiger partial charge in [-0.3, -0.25) is 0 Å². The molecule has 0 fully saturated rings. The Morgan fingerprint density at radius 2 is 2.27 bits per heavy atom. The summed E-state index contributed by atoms with van der Waals surface area (Å²) in [4.78, 5) is 0. The summed E-state index contributed by atoms with van der Waals surface area (Å²) in [5, 5.41) is 4.73. The van der Waals surface area contributed by atoms with Crippen LogP contribution in [0, 0.1) is 0 Å². The summed E-state index contributed by atoms with van der Waals surface area (Å²) in [6.07, 6.45) is 1.11. The molecule has 0 unspecified atom stereocenters. The number of aromatic nitrogens is 1. The number of nitrogens with zero attached hydrogens (tertiary/aromatic N) is 1. The van der Waals surface area contributed by atoms with Crippen molar-refractivity contribution >= 4 is 16.6 Å². The second kappa shape index (κ2) is 3.00. The first-order chi connectivity index (χ1) is 7.27. The fraction of sp³-hybridized carbons (Fsp3) is 0.333. The van der Waals surface area contributed by atoms with Crippen LogP contribution in [0.2, 0.25) is 0 Å². The van der Waals surface area contributed by atoms with E-state index < -0.39 is 0 Å². The van der Waals surface area contributed by atoms with Crippen LogP contribution in [0.1, 0.15) is 11.3 Å². The highest BCUT2D eigenvalue weighted by molar-refractivity contribution is 5.88. The van der Waals surface area contributed by atoms with Crippen LogP contribution in [0.4, 0.5) is 5.69 Å². The van der Waals surface area contributed by atoms with Crippen LogP contribution in [0.15, 0.2) is 18.2 Å². The Hall–Kier alpha value is -1.48. The van der Waals surface area contributed by atoms with E-state index in [0.717, 1.165) is 25.2 Å². The summed E-state index contributed by atoms with van der Waals surface area (Å²) < 4.78 is 2.27. The van der Waals surface area contributed by atoms with Gasteiger partial charge in [-0.1, -0.05) is 0 Å². The summed E-state index contributed by atoms with van der Waals surface area (Å²) in [7, 11) is 2.13. The minimum Gasteiger partial charge on any atom is -0.399 e. The second-order valence-corrected chi connectivity index (χ2v) is 4.19. The summed E-state index contributed by atoms with van der Waals surface area (Å²) >= 11 is 0. The lowest BCUT2D eigenvalue weighted by molar-refractivity contribution is 0.614. The standard InChI is InChI=1S/C12H15N3/c1-15-11-3-2-8(13)6-10(11)9-4-5-14-7-12(9)15/h2-3,6,14H,4-5,7,13H2,1H3. The Morgan fingerprint density at radius 1 is 1.40 bits per heavy atom. The number of hydrogen-bond acceptors (Lipinski definition) is 2. The van der Waals surface area contributed by atoms with Crippen LogP contribution in [0.25, 0.3) is 10.9 Å². The highest BCUT2D eigenvalue weighted by atomic mass is 15.0. The number of anilines is 1. The molecule has 3 nitrogen and oxygen atoms in total. The third kappa shape index (κ3) is 1.16. The number of hydrogen-bond donors (Lipinski definition) is 2. The smallest absolute Gasteiger partial charge is 0.0484 e. The molecule has 3 rings (SSSR count). The molecule has 0 spiro atoms. The molecule has 3 N–H and O–H groups in total. The first-order valence-electron chi connectivity index (χ1n) is 5.34. The third-order valence-electron chi connectivity index (χ3n) is 3.30. The molecule has 1 aromatic heterocycles. The summed E-state index contributed by atoms with van der Waals surface area (Å²) in [6.45, 7) is 2.04. The number of rotatable bonds is 0. The topological polar surface area (TPSA) is 43.0 Å². The molecular formula is C12H15N3. The molecule has 0 bridgehead atoms. The van der Waals surface area contributed by atoms with Gasteiger partial charge in [-0.05, 0) is 36.7 Å². The Bertz CT molecular complexity index is 525. The van der Waals surface area contributed by atoms with Crippen LogP contribution >= 0.6 is 0 Å². The second-order valence-electron chi connectivity index (χ2n) is 4.19. The highest BCUT2D eigenvalue weighted by Crippen LogP contribution is 2.28. The van der Waals surface area contributed by atoms with E-state index >= 15 is 0 Å². The Morgan fingerprint density at radius 3 is 3.13 bits per heavy atom. The van der Waals surface area contributed by atoms with Crippen molar-refractivity contribution < 1.29 is 0 Å². The molecular weight excluding hydrogens is 186 g/mol. The first kappa shape index (κ1) is 8.80. The minimum atomic E-state index is 0.856. The zero-order valence-electron chi connectivity index (χ0n) is 8.88. The fourth-order valence-electron chi connectivity index (χ4n) is 2.52. The van der Waals surface area contributed by atoms with Gasteiger partial charge in [0.15, 0.2) is 0 Å². The van der Waals surface area contributed by atoms with Gasteiger partial charge >= 0.3 is 0 Å². The monoisotopic (exact) mass is 201 g/mol. The molecule has 0 radical (unpaired) electrons. The van der Waals surface area contributed by atoms with Gasteiger partial charge in [0.1, 0.15) is 0 Å². The normalized spacial score (nSPS) is 15.5. The molecule has 2 aromatic rings. The largest absolute Gasteiger partial charge is 0.399 e. The Kier molecular flexibility index (Phi) is 1.76. The van der Waals surface area contributed by atoms with Gasteiger partial charge in [-0.15, -0.1) is 0 Å². The molecule has 1 aliphatic heterocycles. The van der Waals surface area contributed by atoms with Crippen LogP contribution in [-0.4, -0.2) is 11.1 Å². The fourth-order valence-corrected chi connectivity index (χ4v) is 2.52. The van der Waals surface area contributed by atoms with Crippen molar-refractivity contribution in [3.05, 3.63) is 29.5 Å². The molecule has 1 aliphatic rings. The molecule has 15 heavy (non-hydrogen) atoms. The van der Waals surface area contributed by atoms with Crippen molar-refractivity contribution in [3.8, 4) is 0 Å². The molecule has 0 aliphatic carbocycles. The van der Waals surface area contributed by atoms with Crippen molar-refractivity contribution in [2.45, 2.75) is 13.0 Å². The summed E-state index contributed by atoms with van der Waals surface area (Å²) in [5.41, 5.74) is 10.9. The molecule has 78 valence electrons. The quantitative estimate of drug-likeness (QED) is 0.633. The number of nitrogens with two attached hydrogens (primary N) is 1. The van der Waals surface area contributed by atoms with Crippen LogP contribution in [0.5, 0.6) is 0 Å². The van der Waals surface area contributed by atoms with Gasteiger partial charge in [0, 0.05) is 35.9 Å².